The number of amides is 1. The van der Waals surface area contributed by atoms with Crippen LogP contribution in [0.2, 0.25) is 0 Å². The van der Waals surface area contributed by atoms with E-state index in [9.17, 15) is 4.79 Å². The minimum absolute atomic E-state index is 0.0110. The molecule has 0 aromatic heterocycles. The topological polar surface area (TPSA) is 32.3 Å². The van der Waals surface area contributed by atoms with Gasteiger partial charge in [0.05, 0.1) is 12.2 Å². The van der Waals surface area contributed by atoms with E-state index < -0.39 is 0 Å². The van der Waals surface area contributed by atoms with Crippen molar-refractivity contribution < 1.29 is 4.79 Å². The van der Waals surface area contributed by atoms with Crippen molar-refractivity contribution in [1.82, 2.24) is 10.2 Å². The van der Waals surface area contributed by atoms with Crippen LogP contribution in [0.4, 0.5) is 0 Å². The number of carbonyl (C=O) groups is 1. The molecule has 1 fully saturated rings. The lowest BCUT2D eigenvalue weighted by molar-refractivity contribution is -0.129. The number of carbonyl (C=O) groups excluding carboxylic acids is 1. The normalized spacial score (nSPS) is 29.9. The quantitative estimate of drug-likeness (QED) is 0.684. The van der Waals surface area contributed by atoms with Crippen molar-refractivity contribution in [3.63, 3.8) is 0 Å². The Balaban J connectivity index is 2.46. The largest absolute Gasteiger partial charge is 0.326 e. The van der Waals surface area contributed by atoms with Gasteiger partial charge in [0.25, 0.3) is 0 Å². The van der Waals surface area contributed by atoms with Gasteiger partial charge in [0.15, 0.2) is 0 Å². The zero-order valence-electron chi connectivity index (χ0n) is 8.13. The van der Waals surface area contributed by atoms with E-state index in [2.05, 4.69) is 12.2 Å². The van der Waals surface area contributed by atoms with E-state index in [4.69, 9.17) is 0 Å². The van der Waals surface area contributed by atoms with Crippen molar-refractivity contribution in [1.29, 1.82) is 0 Å². The summed E-state index contributed by atoms with van der Waals surface area (Å²) in [6.45, 7) is 7.00. The molecule has 2 unspecified atom stereocenters. The average molecular weight is 170 g/mol. The van der Waals surface area contributed by atoms with Gasteiger partial charge in [-0.15, -0.1) is 0 Å². The predicted molar refractivity (Wildman–Crippen MR) is 48.7 cm³/mol. The number of rotatable bonds is 3. The highest BCUT2D eigenvalue weighted by Crippen LogP contribution is 2.10. The van der Waals surface area contributed by atoms with Crippen LogP contribution in [0.3, 0.4) is 0 Å². The Labute approximate surface area is 74.1 Å². The molecule has 0 saturated carbocycles. The molecule has 0 bridgehead atoms. The molecule has 0 aromatic carbocycles. The summed E-state index contributed by atoms with van der Waals surface area (Å²) in [6, 6.07) is 0.0110. The first kappa shape index (κ1) is 9.52. The van der Waals surface area contributed by atoms with Crippen LogP contribution in [-0.4, -0.2) is 29.6 Å². The molecule has 3 nitrogen and oxygen atoms in total. The van der Waals surface area contributed by atoms with E-state index >= 15 is 0 Å². The summed E-state index contributed by atoms with van der Waals surface area (Å²) in [5, 5.41) is 3.20. The Kier molecular flexibility index (Phi) is 3.09. The Bertz CT molecular complexity index is 170. The number of hydrogen-bond acceptors (Lipinski definition) is 2. The molecular formula is C9H18N2O. The Hall–Kier alpha value is -0.570. The summed E-state index contributed by atoms with van der Waals surface area (Å²) in [4.78, 5) is 13.4. The zero-order chi connectivity index (χ0) is 9.14. The number of nitrogens with one attached hydrogen (secondary N) is 1. The van der Waals surface area contributed by atoms with Crippen LogP contribution in [0.5, 0.6) is 0 Å². The summed E-state index contributed by atoms with van der Waals surface area (Å²) in [7, 11) is 0. The summed E-state index contributed by atoms with van der Waals surface area (Å²) in [5.41, 5.74) is 0. The summed E-state index contributed by atoms with van der Waals surface area (Å²) < 4.78 is 0. The number of unbranched alkanes of at least 4 members (excludes halogenated alkanes) is 1. The van der Waals surface area contributed by atoms with E-state index in [1.54, 1.807) is 0 Å². The average Bonchev–Trinajstić information content (AvgIpc) is 2.25. The smallest absolute Gasteiger partial charge is 0.240 e. The van der Waals surface area contributed by atoms with Crippen molar-refractivity contribution in [2.24, 2.45) is 0 Å². The molecule has 1 aliphatic rings. The van der Waals surface area contributed by atoms with Gasteiger partial charge in [0.1, 0.15) is 0 Å². The molecule has 70 valence electrons. The van der Waals surface area contributed by atoms with Crippen molar-refractivity contribution in [2.75, 3.05) is 6.54 Å². The first-order chi connectivity index (χ1) is 5.66. The van der Waals surface area contributed by atoms with E-state index in [0.29, 0.717) is 0 Å². The highest BCUT2D eigenvalue weighted by atomic mass is 16.2. The Morgan fingerprint density at radius 1 is 1.50 bits per heavy atom. The highest BCUT2D eigenvalue weighted by molar-refractivity contribution is 5.83. The first-order valence-corrected chi connectivity index (χ1v) is 4.73. The lowest BCUT2D eigenvalue weighted by Crippen LogP contribution is -2.35. The van der Waals surface area contributed by atoms with Gasteiger partial charge in [-0.1, -0.05) is 13.3 Å². The molecule has 12 heavy (non-hydrogen) atoms. The van der Waals surface area contributed by atoms with Crippen molar-refractivity contribution in [3.05, 3.63) is 0 Å². The van der Waals surface area contributed by atoms with Crippen LogP contribution in [-0.2, 0) is 4.79 Å². The summed E-state index contributed by atoms with van der Waals surface area (Å²) in [5.74, 6) is 0.246. The fourth-order valence-electron chi connectivity index (χ4n) is 1.59. The molecule has 2 atom stereocenters. The molecule has 1 aliphatic heterocycles. The first-order valence-electron chi connectivity index (χ1n) is 4.73. The molecule has 0 spiro atoms. The molecule has 0 radical (unpaired) electrons. The number of nitrogens with zero attached hydrogens (tertiary/aromatic N) is 1. The van der Waals surface area contributed by atoms with Gasteiger partial charge in [-0.2, -0.15) is 0 Å². The van der Waals surface area contributed by atoms with Crippen LogP contribution in [0.15, 0.2) is 0 Å². The van der Waals surface area contributed by atoms with E-state index in [0.717, 1.165) is 19.4 Å². The molecule has 3 heteroatoms. The molecule has 0 aromatic rings. The van der Waals surface area contributed by atoms with Crippen LogP contribution in [0, 0.1) is 0 Å². The minimum Gasteiger partial charge on any atom is -0.326 e. The molecular weight excluding hydrogens is 152 g/mol. The van der Waals surface area contributed by atoms with Crippen LogP contribution < -0.4 is 5.32 Å². The predicted octanol–water partition coefficient (Wildman–Crippen LogP) is 0.953. The van der Waals surface area contributed by atoms with Gasteiger partial charge in [-0.3, -0.25) is 10.1 Å². The maximum absolute atomic E-state index is 11.5. The minimum atomic E-state index is 0.0110. The monoisotopic (exact) mass is 170 g/mol. The molecule has 1 heterocycles. The summed E-state index contributed by atoms with van der Waals surface area (Å²) in [6.07, 6.45) is 2.47. The lowest BCUT2D eigenvalue weighted by Gasteiger charge is -2.20. The Morgan fingerprint density at radius 2 is 2.17 bits per heavy atom. The van der Waals surface area contributed by atoms with E-state index in [1.807, 2.05) is 18.7 Å². The van der Waals surface area contributed by atoms with Gasteiger partial charge in [0, 0.05) is 6.54 Å². The second kappa shape index (κ2) is 3.90. The van der Waals surface area contributed by atoms with Gasteiger partial charge in [-0.05, 0) is 20.3 Å². The van der Waals surface area contributed by atoms with Gasteiger partial charge >= 0.3 is 0 Å². The zero-order valence-corrected chi connectivity index (χ0v) is 8.13. The standard InChI is InChI=1S/C9H18N2O/c1-4-5-6-11-8(3)10-7(2)9(11)12/h7-8,10H,4-6H2,1-3H3. The molecule has 1 rings (SSSR count). The molecule has 1 N–H and O–H groups in total. The molecule has 1 amide bonds. The Morgan fingerprint density at radius 3 is 2.58 bits per heavy atom. The highest BCUT2D eigenvalue weighted by Gasteiger charge is 2.32. The maximum Gasteiger partial charge on any atom is 0.240 e. The lowest BCUT2D eigenvalue weighted by atomic mass is 10.3. The molecule has 1 saturated heterocycles. The van der Waals surface area contributed by atoms with Crippen LogP contribution in [0.25, 0.3) is 0 Å². The third kappa shape index (κ3) is 1.78. The van der Waals surface area contributed by atoms with Gasteiger partial charge in [0.2, 0.25) is 5.91 Å². The third-order valence-electron chi connectivity index (χ3n) is 2.36. The fraction of sp³-hybridized carbons (Fsp3) is 0.889. The van der Waals surface area contributed by atoms with E-state index in [-0.39, 0.29) is 18.1 Å². The second-order valence-electron chi connectivity index (χ2n) is 3.45. The van der Waals surface area contributed by atoms with Crippen molar-refractivity contribution in [3.8, 4) is 0 Å². The van der Waals surface area contributed by atoms with Gasteiger partial charge < -0.3 is 4.90 Å². The van der Waals surface area contributed by atoms with Gasteiger partial charge in [-0.25, -0.2) is 0 Å². The third-order valence-corrected chi connectivity index (χ3v) is 2.36. The second-order valence-corrected chi connectivity index (χ2v) is 3.45. The van der Waals surface area contributed by atoms with Crippen LogP contribution >= 0.6 is 0 Å². The number of hydrogen-bond donors (Lipinski definition) is 1. The van der Waals surface area contributed by atoms with Crippen molar-refractivity contribution in [2.45, 2.75) is 45.8 Å². The molecule has 0 aliphatic carbocycles. The van der Waals surface area contributed by atoms with E-state index in [1.165, 1.54) is 0 Å². The fourth-order valence-corrected chi connectivity index (χ4v) is 1.59. The van der Waals surface area contributed by atoms with Crippen LogP contribution in [0.1, 0.15) is 33.6 Å². The summed E-state index contributed by atoms with van der Waals surface area (Å²) >= 11 is 0. The van der Waals surface area contributed by atoms with Crippen molar-refractivity contribution >= 4 is 5.91 Å². The SMILES string of the molecule is CCCCN1C(=O)C(C)NC1C. The maximum atomic E-state index is 11.5.